The van der Waals surface area contributed by atoms with Crippen LogP contribution in [0.4, 0.5) is 4.79 Å². The summed E-state index contributed by atoms with van der Waals surface area (Å²) in [5.41, 5.74) is 1.44. The van der Waals surface area contributed by atoms with Crippen LogP contribution >= 0.6 is 0 Å². The van der Waals surface area contributed by atoms with Crippen LogP contribution in [0.3, 0.4) is 0 Å². The van der Waals surface area contributed by atoms with Gasteiger partial charge in [0.2, 0.25) is 5.91 Å². The first-order valence-corrected chi connectivity index (χ1v) is 9.64. The first kappa shape index (κ1) is 19.7. The van der Waals surface area contributed by atoms with Gasteiger partial charge in [-0.15, -0.1) is 0 Å². The topological polar surface area (TPSA) is 94.7 Å². The van der Waals surface area contributed by atoms with E-state index in [0.29, 0.717) is 57.9 Å². The van der Waals surface area contributed by atoms with Gasteiger partial charge in [0.15, 0.2) is 0 Å². The number of H-pyrrole nitrogens is 1. The highest BCUT2D eigenvalue weighted by atomic mass is 16.6. The van der Waals surface area contributed by atoms with E-state index < -0.39 is 0 Å². The Kier molecular flexibility index (Phi) is 6.52. The zero-order chi connectivity index (χ0) is 19.9. The van der Waals surface area contributed by atoms with Gasteiger partial charge in [0.1, 0.15) is 5.69 Å². The van der Waals surface area contributed by atoms with Crippen LogP contribution in [0.5, 0.6) is 0 Å². The molecule has 28 heavy (non-hydrogen) atoms. The standard InChI is InChI=1S/C20H26N4O4/c1-2-28-20(27)24-12-10-23(11-13-24)18(25)8-5-9-21-19(26)17-14-15-6-3-4-7-16(15)22-17/h3-4,6-7,14,22H,2,5,8-13H2,1H3,(H,21,26). The van der Waals surface area contributed by atoms with E-state index >= 15 is 0 Å². The number of carbonyl (C=O) groups excluding carboxylic acids is 3. The molecule has 2 N–H and O–H groups in total. The first-order valence-electron chi connectivity index (χ1n) is 9.64. The molecular formula is C20H26N4O4. The number of nitrogens with one attached hydrogen (secondary N) is 2. The van der Waals surface area contributed by atoms with E-state index in [4.69, 9.17) is 4.74 Å². The molecule has 0 radical (unpaired) electrons. The highest BCUT2D eigenvalue weighted by Gasteiger charge is 2.24. The lowest BCUT2D eigenvalue weighted by Crippen LogP contribution is -2.50. The number of hydrogen-bond acceptors (Lipinski definition) is 4. The highest BCUT2D eigenvalue weighted by molar-refractivity contribution is 5.97. The summed E-state index contributed by atoms with van der Waals surface area (Å²) < 4.78 is 4.98. The third-order valence-corrected chi connectivity index (χ3v) is 4.79. The van der Waals surface area contributed by atoms with Gasteiger partial charge < -0.3 is 24.8 Å². The Morgan fingerprint density at radius 3 is 2.54 bits per heavy atom. The Morgan fingerprint density at radius 2 is 1.82 bits per heavy atom. The van der Waals surface area contributed by atoms with Crippen molar-refractivity contribution in [3.05, 3.63) is 36.0 Å². The first-order chi connectivity index (χ1) is 13.6. The van der Waals surface area contributed by atoms with Crippen LogP contribution < -0.4 is 5.32 Å². The second-order valence-electron chi connectivity index (χ2n) is 6.70. The van der Waals surface area contributed by atoms with Gasteiger partial charge in [-0.2, -0.15) is 0 Å². The van der Waals surface area contributed by atoms with Crippen LogP contribution in [0.1, 0.15) is 30.3 Å². The molecule has 0 unspecified atom stereocenters. The number of amides is 3. The minimum atomic E-state index is -0.325. The van der Waals surface area contributed by atoms with Gasteiger partial charge >= 0.3 is 6.09 Å². The third-order valence-electron chi connectivity index (χ3n) is 4.79. The number of hydrogen-bond donors (Lipinski definition) is 2. The Bertz CT molecular complexity index is 807. The molecule has 2 heterocycles. The molecular weight excluding hydrogens is 360 g/mol. The van der Waals surface area contributed by atoms with Crippen LogP contribution in [0.2, 0.25) is 0 Å². The maximum absolute atomic E-state index is 12.3. The Morgan fingerprint density at radius 1 is 1.11 bits per heavy atom. The molecule has 150 valence electrons. The minimum absolute atomic E-state index is 0.0448. The number of nitrogens with zero attached hydrogens (tertiary/aromatic N) is 2. The molecule has 8 heteroatoms. The zero-order valence-corrected chi connectivity index (χ0v) is 16.1. The summed E-state index contributed by atoms with van der Waals surface area (Å²) in [6.45, 7) is 4.56. The van der Waals surface area contributed by atoms with Crippen molar-refractivity contribution in [2.24, 2.45) is 0 Å². The van der Waals surface area contributed by atoms with E-state index in [1.54, 1.807) is 16.7 Å². The molecule has 1 fully saturated rings. The van der Waals surface area contributed by atoms with Crippen LogP contribution in [0, 0.1) is 0 Å². The van der Waals surface area contributed by atoms with Crippen molar-refractivity contribution in [2.75, 3.05) is 39.3 Å². The molecule has 1 aliphatic heterocycles. The zero-order valence-electron chi connectivity index (χ0n) is 16.1. The molecule has 0 spiro atoms. The highest BCUT2D eigenvalue weighted by Crippen LogP contribution is 2.14. The summed E-state index contributed by atoms with van der Waals surface area (Å²) in [4.78, 5) is 42.7. The fraction of sp³-hybridized carbons (Fsp3) is 0.450. The van der Waals surface area contributed by atoms with Gasteiger partial charge in [-0.25, -0.2) is 4.79 Å². The van der Waals surface area contributed by atoms with Gasteiger partial charge in [0, 0.05) is 50.0 Å². The maximum Gasteiger partial charge on any atom is 0.409 e. The van der Waals surface area contributed by atoms with Gasteiger partial charge in [0.05, 0.1) is 6.61 Å². The number of aromatic nitrogens is 1. The molecule has 1 saturated heterocycles. The second kappa shape index (κ2) is 9.25. The average Bonchev–Trinajstić information content (AvgIpc) is 3.15. The molecule has 0 atom stereocenters. The van der Waals surface area contributed by atoms with Gasteiger partial charge in [-0.1, -0.05) is 18.2 Å². The Hall–Kier alpha value is -3.03. The molecule has 1 aromatic carbocycles. The van der Waals surface area contributed by atoms with Crippen molar-refractivity contribution in [3.8, 4) is 0 Å². The Labute approximate surface area is 163 Å². The predicted octanol–water partition coefficient (Wildman–Crippen LogP) is 1.98. The average molecular weight is 386 g/mol. The SMILES string of the molecule is CCOC(=O)N1CCN(C(=O)CCCNC(=O)c2cc3ccccc3[nH]2)CC1. The lowest BCUT2D eigenvalue weighted by molar-refractivity contribution is -0.132. The van der Waals surface area contributed by atoms with Crippen LogP contribution in [-0.2, 0) is 9.53 Å². The summed E-state index contributed by atoms with van der Waals surface area (Å²) in [6.07, 6.45) is 0.615. The van der Waals surface area contributed by atoms with Crippen molar-refractivity contribution in [1.29, 1.82) is 0 Å². The predicted molar refractivity (Wildman–Crippen MR) is 105 cm³/mol. The second-order valence-corrected chi connectivity index (χ2v) is 6.70. The molecule has 2 aromatic rings. The molecule has 3 amide bonds. The third kappa shape index (κ3) is 4.82. The molecule has 0 bridgehead atoms. The van der Waals surface area contributed by atoms with Crippen molar-refractivity contribution in [1.82, 2.24) is 20.1 Å². The summed E-state index contributed by atoms with van der Waals surface area (Å²) in [7, 11) is 0. The van der Waals surface area contributed by atoms with E-state index in [0.717, 1.165) is 10.9 Å². The smallest absolute Gasteiger partial charge is 0.409 e. The van der Waals surface area contributed by atoms with Gasteiger partial charge in [0.25, 0.3) is 5.91 Å². The van der Waals surface area contributed by atoms with E-state index in [1.807, 2.05) is 30.3 Å². The molecule has 3 rings (SSSR count). The number of ether oxygens (including phenoxy) is 1. The van der Waals surface area contributed by atoms with Crippen molar-refractivity contribution < 1.29 is 19.1 Å². The van der Waals surface area contributed by atoms with Crippen LogP contribution in [0.25, 0.3) is 10.9 Å². The summed E-state index contributed by atoms with van der Waals surface area (Å²) >= 11 is 0. The van der Waals surface area contributed by atoms with Crippen molar-refractivity contribution in [3.63, 3.8) is 0 Å². The molecule has 0 saturated carbocycles. The number of rotatable bonds is 6. The maximum atomic E-state index is 12.3. The number of fused-ring (bicyclic) bond motifs is 1. The van der Waals surface area contributed by atoms with E-state index in [9.17, 15) is 14.4 Å². The van der Waals surface area contributed by atoms with Crippen molar-refractivity contribution in [2.45, 2.75) is 19.8 Å². The van der Waals surface area contributed by atoms with E-state index in [1.165, 1.54) is 0 Å². The largest absolute Gasteiger partial charge is 0.450 e. The summed E-state index contributed by atoms with van der Waals surface area (Å²) in [6, 6.07) is 9.53. The monoisotopic (exact) mass is 386 g/mol. The molecule has 1 aliphatic rings. The quantitative estimate of drug-likeness (QED) is 0.742. The normalized spacial score (nSPS) is 14.2. The van der Waals surface area contributed by atoms with Gasteiger partial charge in [-0.05, 0) is 25.5 Å². The van der Waals surface area contributed by atoms with E-state index in [2.05, 4.69) is 10.3 Å². The lowest BCUT2D eigenvalue weighted by Gasteiger charge is -2.34. The lowest BCUT2D eigenvalue weighted by atomic mass is 10.2. The number of aromatic amines is 1. The van der Waals surface area contributed by atoms with Crippen LogP contribution in [-0.4, -0.2) is 72.0 Å². The molecule has 1 aromatic heterocycles. The van der Waals surface area contributed by atoms with Gasteiger partial charge in [-0.3, -0.25) is 9.59 Å². The number of piperazine rings is 1. The van der Waals surface area contributed by atoms with Crippen molar-refractivity contribution >= 4 is 28.8 Å². The fourth-order valence-corrected chi connectivity index (χ4v) is 3.24. The molecule has 0 aliphatic carbocycles. The summed E-state index contributed by atoms with van der Waals surface area (Å²) in [5, 5.41) is 3.83. The number of benzene rings is 1. The minimum Gasteiger partial charge on any atom is -0.450 e. The van der Waals surface area contributed by atoms with E-state index in [-0.39, 0.29) is 17.9 Å². The number of carbonyl (C=O) groups is 3. The van der Waals surface area contributed by atoms with Crippen LogP contribution in [0.15, 0.2) is 30.3 Å². The molecule has 8 nitrogen and oxygen atoms in total. The fourth-order valence-electron chi connectivity index (χ4n) is 3.24. The summed E-state index contributed by atoms with van der Waals surface area (Å²) in [5.74, 6) is -0.130. The number of para-hydroxylation sites is 1. The Balaban J connectivity index is 1.36.